The number of aromatic nitrogens is 3. The third-order valence-electron chi connectivity index (χ3n) is 6.34. The number of nitriles is 1. The van der Waals surface area contributed by atoms with Gasteiger partial charge in [-0.25, -0.2) is 27.5 Å². The molecule has 3 aromatic heterocycles. The number of pyridine rings is 2. The Hall–Kier alpha value is -3.04. The highest BCUT2D eigenvalue weighted by Crippen LogP contribution is 2.41. The fraction of sp³-hybridized carbons (Fsp3) is 0.409. The standard InChI is InChI=1S/C22H19F4N5O2S/c23-17-8-15-12(10-29-34(32,33)14-4-5-14)11-31(13-2-1-3-13)21(15)30-20(17)19-16(22(24,25)26)6-7-28-18(19)9-27/h6-8,11,13-14,29H,1-5,10H2. The second-order valence-corrected chi connectivity index (χ2v) is 10.6. The predicted molar refractivity (Wildman–Crippen MR) is 114 cm³/mol. The molecular weight excluding hydrogens is 474 g/mol. The molecule has 2 aliphatic rings. The Morgan fingerprint density at radius 3 is 2.56 bits per heavy atom. The Morgan fingerprint density at radius 2 is 1.97 bits per heavy atom. The van der Waals surface area contributed by atoms with Crippen molar-refractivity contribution in [1.29, 1.82) is 5.26 Å². The fourth-order valence-corrected chi connectivity index (χ4v) is 5.52. The van der Waals surface area contributed by atoms with Crippen molar-refractivity contribution < 1.29 is 26.0 Å². The van der Waals surface area contributed by atoms with E-state index in [-0.39, 0.29) is 18.2 Å². The maximum Gasteiger partial charge on any atom is 0.417 e. The number of hydrogen-bond acceptors (Lipinski definition) is 5. The van der Waals surface area contributed by atoms with Gasteiger partial charge in [0.25, 0.3) is 0 Å². The number of alkyl halides is 3. The summed E-state index contributed by atoms with van der Waals surface area (Å²) in [5.41, 5.74) is -2.40. The summed E-state index contributed by atoms with van der Waals surface area (Å²) in [4.78, 5) is 7.95. The Labute approximate surface area is 192 Å². The molecular formula is C22H19F4N5O2S. The fourth-order valence-electron chi connectivity index (χ4n) is 4.17. The van der Waals surface area contributed by atoms with Crippen LogP contribution in [-0.2, 0) is 22.7 Å². The second kappa shape index (κ2) is 8.02. The van der Waals surface area contributed by atoms with Crippen LogP contribution < -0.4 is 4.72 Å². The van der Waals surface area contributed by atoms with Crippen molar-refractivity contribution in [3.8, 4) is 17.3 Å². The molecule has 178 valence electrons. The lowest BCUT2D eigenvalue weighted by Gasteiger charge is -2.27. The van der Waals surface area contributed by atoms with Crippen LogP contribution in [0.5, 0.6) is 0 Å². The van der Waals surface area contributed by atoms with Crippen LogP contribution in [0.15, 0.2) is 24.5 Å². The molecule has 2 saturated carbocycles. The molecule has 0 radical (unpaired) electrons. The highest BCUT2D eigenvalue weighted by molar-refractivity contribution is 7.90. The zero-order chi connectivity index (χ0) is 24.3. The number of halogens is 4. The lowest BCUT2D eigenvalue weighted by Crippen LogP contribution is -2.26. The predicted octanol–water partition coefficient (Wildman–Crippen LogP) is 4.43. The van der Waals surface area contributed by atoms with Gasteiger partial charge >= 0.3 is 6.18 Å². The molecule has 2 aliphatic carbocycles. The molecule has 0 spiro atoms. The van der Waals surface area contributed by atoms with Crippen LogP contribution in [-0.4, -0.2) is 28.2 Å². The van der Waals surface area contributed by atoms with Crippen LogP contribution in [0.1, 0.15) is 55.0 Å². The quantitative estimate of drug-likeness (QED) is 0.512. The van der Waals surface area contributed by atoms with E-state index in [9.17, 15) is 26.9 Å². The van der Waals surface area contributed by atoms with Crippen molar-refractivity contribution in [2.45, 2.75) is 56.1 Å². The van der Waals surface area contributed by atoms with Crippen LogP contribution in [0.4, 0.5) is 17.6 Å². The normalized spacial score (nSPS) is 17.0. The van der Waals surface area contributed by atoms with E-state index in [1.165, 1.54) is 0 Å². The molecule has 0 atom stereocenters. The van der Waals surface area contributed by atoms with E-state index < -0.39 is 49.8 Å². The molecule has 3 heterocycles. The summed E-state index contributed by atoms with van der Waals surface area (Å²) in [5.74, 6) is -1.06. The van der Waals surface area contributed by atoms with Crippen LogP contribution in [0.25, 0.3) is 22.3 Å². The third kappa shape index (κ3) is 3.92. The van der Waals surface area contributed by atoms with Crippen molar-refractivity contribution in [2.75, 3.05) is 0 Å². The minimum atomic E-state index is -4.85. The molecule has 1 N–H and O–H groups in total. The van der Waals surface area contributed by atoms with Gasteiger partial charge in [-0.15, -0.1) is 0 Å². The number of nitrogens with zero attached hydrogens (tertiary/aromatic N) is 4. The Bertz CT molecular complexity index is 1430. The monoisotopic (exact) mass is 493 g/mol. The van der Waals surface area contributed by atoms with Gasteiger partial charge in [0.1, 0.15) is 23.2 Å². The van der Waals surface area contributed by atoms with Crippen molar-refractivity contribution in [1.82, 2.24) is 19.3 Å². The number of fused-ring (bicyclic) bond motifs is 1. The topological polar surface area (TPSA) is 101 Å². The van der Waals surface area contributed by atoms with Crippen LogP contribution in [0.3, 0.4) is 0 Å². The van der Waals surface area contributed by atoms with E-state index in [1.54, 1.807) is 16.8 Å². The van der Waals surface area contributed by atoms with Gasteiger partial charge in [0.15, 0.2) is 5.69 Å². The Balaban J connectivity index is 1.67. The first-order chi connectivity index (χ1) is 16.1. The Morgan fingerprint density at radius 1 is 1.24 bits per heavy atom. The van der Waals surface area contributed by atoms with E-state index in [2.05, 4.69) is 14.7 Å². The van der Waals surface area contributed by atoms with Gasteiger partial charge in [-0.3, -0.25) is 0 Å². The molecule has 0 saturated heterocycles. The largest absolute Gasteiger partial charge is 0.417 e. The summed E-state index contributed by atoms with van der Waals surface area (Å²) in [7, 11) is -3.49. The number of rotatable bonds is 6. The van der Waals surface area contributed by atoms with Gasteiger partial charge in [-0.2, -0.15) is 18.4 Å². The van der Waals surface area contributed by atoms with Crippen LogP contribution in [0, 0.1) is 17.1 Å². The first-order valence-corrected chi connectivity index (χ1v) is 12.3. The van der Waals surface area contributed by atoms with E-state index in [0.29, 0.717) is 29.9 Å². The summed E-state index contributed by atoms with van der Waals surface area (Å²) in [6.45, 7) is -0.0837. The van der Waals surface area contributed by atoms with Gasteiger partial charge in [0.2, 0.25) is 10.0 Å². The molecule has 0 amide bonds. The van der Waals surface area contributed by atoms with Crippen molar-refractivity contribution >= 4 is 21.1 Å². The zero-order valence-electron chi connectivity index (χ0n) is 17.7. The summed E-state index contributed by atoms with van der Waals surface area (Å²) in [6, 6.07) is 3.36. The first kappa shape index (κ1) is 22.7. The summed E-state index contributed by atoms with van der Waals surface area (Å²) >= 11 is 0. The highest BCUT2D eigenvalue weighted by atomic mass is 32.2. The minimum absolute atomic E-state index is 0.0218. The third-order valence-corrected chi connectivity index (χ3v) is 8.23. The van der Waals surface area contributed by atoms with Gasteiger partial charge in [-0.05, 0) is 49.8 Å². The summed E-state index contributed by atoms with van der Waals surface area (Å²) in [5, 5.41) is 9.25. The van der Waals surface area contributed by atoms with Crippen molar-refractivity contribution in [2.24, 2.45) is 0 Å². The molecule has 0 unspecified atom stereocenters. The number of hydrogen-bond donors (Lipinski definition) is 1. The molecule has 2 fully saturated rings. The maximum absolute atomic E-state index is 15.3. The molecule has 0 bridgehead atoms. The van der Waals surface area contributed by atoms with E-state index in [0.717, 1.165) is 31.5 Å². The van der Waals surface area contributed by atoms with Crippen molar-refractivity contribution in [3.05, 3.63) is 47.2 Å². The van der Waals surface area contributed by atoms with Crippen LogP contribution >= 0.6 is 0 Å². The first-order valence-electron chi connectivity index (χ1n) is 10.7. The molecule has 7 nitrogen and oxygen atoms in total. The maximum atomic E-state index is 15.3. The van der Waals surface area contributed by atoms with E-state index in [4.69, 9.17) is 0 Å². The molecule has 0 aromatic carbocycles. The number of nitrogens with one attached hydrogen (secondary N) is 1. The smallest absolute Gasteiger partial charge is 0.329 e. The molecule has 3 aromatic rings. The highest BCUT2D eigenvalue weighted by Gasteiger charge is 2.38. The van der Waals surface area contributed by atoms with Gasteiger partial charge in [0, 0.05) is 30.4 Å². The molecule has 34 heavy (non-hydrogen) atoms. The molecule has 5 rings (SSSR count). The summed E-state index contributed by atoms with van der Waals surface area (Å²) < 4.78 is 85.2. The average Bonchev–Trinajstić information content (AvgIpc) is 3.55. The SMILES string of the molecule is N#Cc1nccc(C(F)(F)F)c1-c1nc2c(cc1F)c(CNS(=O)(=O)C1CC1)cn2C1CCC1. The van der Waals surface area contributed by atoms with E-state index in [1.807, 2.05) is 0 Å². The van der Waals surface area contributed by atoms with Crippen molar-refractivity contribution in [3.63, 3.8) is 0 Å². The van der Waals surface area contributed by atoms with E-state index >= 15 is 4.39 Å². The second-order valence-electron chi connectivity index (χ2n) is 8.59. The minimum Gasteiger partial charge on any atom is -0.329 e. The van der Waals surface area contributed by atoms with Crippen LogP contribution in [0.2, 0.25) is 0 Å². The lowest BCUT2D eigenvalue weighted by molar-refractivity contribution is -0.137. The van der Waals surface area contributed by atoms with Gasteiger partial charge in [-0.1, -0.05) is 0 Å². The van der Waals surface area contributed by atoms with Gasteiger partial charge < -0.3 is 4.57 Å². The van der Waals surface area contributed by atoms with Gasteiger partial charge in [0.05, 0.1) is 16.4 Å². The zero-order valence-corrected chi connectivity index (χ0v) is 18.5. The lowest BCUT2D eigenvalue weighted by atomic mass is 9.93. The molecule has 0 aliphatic heterocycles. The Kier molecular flexibility index (Phi) is 5.37. The number of sulfonamides is 1. The summed E-state index contributed by atoms with van der Waals surface area (Å²) in [6.07, 6.45) is 1.45. The average molecular weight is 493 g/mol. The molecule has 12 heteroatoms.